The number of hydrogen-bond donors (Lipinski definition) is 4. The number of amides is 2. The van der Waals surface area contributed by atoms with Crippen LogP contribution in [0.15, 0.2) is 56.7 Å². The molecule has 2 aromatic carbocycles. The van der Waals surface area contributed by atoms with Gasteiger partial charge in [0, 0.05) is 5.69 Å². The summed E-state index contributed by atoms with van der Waals surface area (Å²) < 4.78 is 23.4. The van der Waals surface area contributed by atoms with E-state index in [1.54, 1.807) is 24.3 Å². The molecule has 0 unspecified atom stereocenters. The van der Waals surface area contributed by atoms with Crippen LogP contribution in [-0.2, 0) is 0 Å². The van der Waals surface area contributed by atoms with E-state index >= 15 is 0 Å². The number of aromatic nitrogens is 2. The van der Waals surface area contributed by atoms with Gasteiger partial charge in [-0.2, -0.15) is 0 Å². The van der Waals surface area contributed by atoms with Crippen molar-refractivity contribution in [2.45, 2.75) is 0 Å². The summed E-state index contributed by atoms with van der Waals surface area (Å²) in [4.78, 5) is 12.3. The van der Waals surface area contributed by atoms with Crippen molar-refractivity contribution in [3.05, 3.63) is 58.4 Å². The number of para-hydroxylation sites is 2. The molecule has 3 aromatic rings. The van der Waals surface area contributed by atoms with E-state index in [-0.39, 0.29) is 21.8 Å². The molecule has 150 valence electrons. The first kappa shape index (κ1) is 20.1. The Morgan fingerprint density at radius 2 is 2.00 bits per heavy atom. The zero-order valence-electron chi connectivity index (χ0n) is 14.8. The van der Waals surface area contributed by atoms with Gasteiger partial charge in [-0.15, -0.1) is 0 Å². The summed E-state index contributed by atoms with van der Waals surface area (Å²) in [7, 11) is 1.47. The summed E-state index contributed by atoms with van der Waals surface area (Å²) in [5, 5.41) is 27.4. The number of carbonyl (C=O) groups is 1. The first-order chi connectivity index (χ1) is 14.0. The van der Waals surface area contributed by atoms with Crippen LogP contribution in [0.1, 0.15) is 5.69 Å². The fourth-order valence-corrected chi connectivity index (χ4v) is 2.66. The molecule has 12 heteroatoms. The Kier molecular flexibility index (Phi) is 6.24. The Morgan fingerprint density at radius 1 is 1.21 bits per heavy atom. The van der Waals surface area contributed by atoms with Gasteiger partial charge >= 0.3 is 6.03 Å². The number of rotatable bonds is 5. The average molecular weight is 465 g/mol. The first-order valence-electron chi connectivity index (χ1n) is 8.00. The SMILES string of the molecule is COc1ccccc1NC(=O)Nc1nonc1C(=NO)Nc1ccc(F)c(Br)c1. The highest BCUT2D eigenvalue weighted by molar-refractivity contribution is 9.10. The summed E-state index contributed by atoms with van der Waals surface area (Å²) >= 11 is 3.06. The van der Waals surface area contributed by atoms with E-state index in [0.717, 1.165) is 0 Å². The highest BCUT2D eigenvalue weighted by atomic mass is 79.9. The topological polar surface area (TPSA) is 134 Å². The van der Waals surface area contributed by atoms with Gasteiger partial charge in [-0.1, -0.05) is 17.3 Å². The molecule has 0 bridgehead atoms. The highest BCUT2D eigenvalue weighted by Gasteiger charge is 2.20. The van der Waals surface area contributed by atoms with Gasteiger partial charge in [0.15, 0.2) is 5.69 Å². The van der Waals surface area contributed by atoms with Crippen LogP contribution in [-0.4, -0.2) is 34.5 Å². The van der Waals surface area contributed by atoms with E-state index in [0.29, 0.717) is 17.1 Å². The summed E-state index contributed by atoms with van der Waals surface area (Å²) in [6.07, 6.45) is 0. The standard InChI is InChI=1S/C17H14BrFN6O4/c1-28-13-5-3-2-4-12(13)21-17(26)22-16-14(24-29-25-16)15(23-27)20-9-6-7-11(19)10(18)8-9/h2-8,27H,1H3,(H,20,23)(H2,21,22,25,26). The molecule has 0 aliphatic rings. The fraction of sp³-hybridized carbons (Fsp3) is 0.0588. The number of urea groups is 1. The highest BCUT2D eigenvalue weighted by Crippen LogP contribution is 2.24. The minimum atomic E-state index is -0.659. The van der Waals surface area contributed by atoms with E-state index < -0.39 is 11.8 Å². The van der Waals surface area contributed by atoms with Crippen molar-refractivity contribution in [2.24, 2.45) is 5.16 Å². The van der Waals surface area contributed by atoms with Crippen molar-refractivity contribution in [1.29, 1.82) is 0 Å². The van der Waals surface area contributed by atoms with Gasteiger partial charge in [0.2, 0.25) is 11.7 Å². The number of halogens is 2. The van der Waals surface area contributed by atoms with Gasteiger partial charge in [-0.3, -0.25) is 5.32 Å². The summed E-state index contributed by atoms with van der Waals surface area (Å²) in [6.45, 7) is 0. The number of anilines is 3. The number of amidine groups is 1. The molecule has 0 atom stereocenters. The van der Waals surface area contributed by atoms with E-state index in [1.807, 2.05) is 0 Å². The van der Waals surface area contributed by atoms with Gasteiger partial charge < -0.3 is 20.6 Å². The minimum Gasteiger partial charge on any atom is -0.495 e. The molecule has 0 fully saturated rings. The molecule has 29 heavy (non-hydrogen) atoms. The van der Waals surface area contributed by atoms with Crippen LogP contribution in [0.2, 0.25) is 0 Å². The molecule has 0 spiro atoms. The lowest BCUT2D eigenvalue weighted by molar-refractivity contribution is 0.261. The molecule has 2 amide bonds. The lowest BCUT2D eigenvalue weighted by atomic mass is 10.3. The molecular weight excluding hydrogens is 451 g/mol. The zero-order chi connectivity index (χ0) is 20.8. The maximum Gasteiger partial charge on any atom is 0.325 e. The van der Waals surface area contributed by atoms with Gasteiger partial charge in [0.1, 0.15) is 11.6 Å². The van der Waals surface area contributed by atoms with E-state index in [2.05, 4.69) is 52.0 Å². The van der Waals surface area contributed by atoms with Crippen LogP contribution in [0, 0.1) is 5.82 Å². The van der Waals surface area contributed by atoms with Crippen LogP contribution in [0.5, 0.6) is 5.75 Å². The Hall–Kier alpha value is -3.67. The van der Waals surface area contributed by atoms with Crippen molar-refractivity contribution >= 4 is 45.0 Å². The largest absolute Gasteiger partial charge is 0.495 e. The smallest absolute Gasteiger partial charge is 0.325 e. The number of benzene rings is 2. The molecule has 0 aliphatic heterocycles. The van der Waals surface area contributed by atoms with E-state index in [1.165, 1.54) is 25.3 Å². The maximum absolute atomic E-state index is 13.4. The molecule has 10 nitrogen and oxygen atoms in total. The van der Waals surface area contributed by atoms with Crippen molar-refractivity contribution < 1.29 is 23.8 Å². The normalized spacial score (nSPS) is 11.1. The number of carbonyl (C=O) groups excluding carboxylic acids is 1. The number of ether oxygens (including phenoxy) is 1. The Labute approximate surface area is 171 Å². The van der Waals surface area contributed by atoms with Gasteiger partial charge in [-0.25, -0.2) is 13.8 Å². The predicted molar refractivity (Wildman–Crippen MR) is 106 cm³/mol. The van der Waals surface area contributed by atoms with Crippen LogP contribution in [0.4, 0.5) is 26.4 Å². The van der Waals surface area contributed by atoms with E-state index in [4.69, 9.17) is 4.74 Å². The molecule has 1 heterocycles. The monoisotopic (exact) mass is 464 g/mol. The molecule has 3 rings (SSSR count). The summed E-state index contributed by atoms with van der Waals surface area (Å²) in [6, 6.07) is 10.2. The number of methoxy groups -OCH3 is 1. The molecule has 1 aromatic heterocycles. The Bertz CT molecular complexity index is 1060. The quantitative estimate of drug-likeness (QED) is 0.195. The zero-order valence-corrected chi connectivity index (χ0v) is 16.4. The van der Waals surface area contributed by atoms with Crippen molar-refractivity contribution in [3.8, 4) is 5.75 Å². The molecule has 0 saturated heterocycles. The summed E-state index contributed by atoms with van der Waals surface area (Å²) in [5.41, 5.74) is 0.734. The van der Waals surface area contributed by atoms with Crippen LogP contribution in [0.3, 0.4) is 0 Å². The fourth-order valence-electron chi connectivity index (χ4n) is 2.28. The summed E-state index contributed by atoms with van der Waals surface area (Å²) in [5.74, 6) is -0.296. The second-order valence-electron chi connectivity index (χ2n) is 5.44. The Morgan fingerprint density at radius 3 is 2.72 bits per heavy atom. The lowest BCUT2D eigenvalue weighted by Crippen LogP contribution is -2.23. The number of hydrogen-bond acceptors (Lipinski definition) is 7. The average Bonchev–Trinajstić information content (AvgIpc) is 3.17. The number of nitrogens with one attached hydrogen (secondary N) is 3. The Balaban J connectivity index is 1.75. The van der Waals surface area contributed by atoms with Crippen molar-refractivity contribution in [2.75, 3.05) is 23.1 Å². The first-order valence-corrected chi connectivity index (χ1v) is 8.79. The third-order valence-corrected chi connectivity index (χ3v) is 4.19. The lowest BCUT2D eigenvalue weighted by Gasteiger charge is -2.10. The third kappa shape index (κ3) is 4.79. The molecular formula is C17H14BrFN6O4. The molecule has 0 radical (unpaired) electrons. The van der Waals surface area contributed by atoms with Gasteiger partial charge in [0.25, 0.3) is 0 Å². The predicted octanol–water partition coefficient (Wildman–Crippen LogP) is 3.87. The van der Waals surface area contributed by atoms with Crippen molar-refractivity contribution in [3.63, 3.8) is 0 Å². The van der Waals surface area contributed by atoms with Gasteiger partial charge in [0.05, 0.1) is 17.3 Å². The molecule has 0 aliphatic carbocycles. The number of oxime groups is 1. The van der Waals surface area contributed by atoms with E-state index in [9.17, 15) is 14.4 Å². The van der Waals surface area contributed by atoms with Crippen LogP contribution >= 0.6 is 15.9 Å². The second-order valence-corrected chi connectivity index (χ2v) is 6.30. The van der Waals surface area contributed by atoms with Crippen molar-refractivity contribution in [1.82, 2.24) is 10.3 Å². The molecule has 4 N–H and O–H groups in total. The van der Waals surface area contributed by atoms with Gasteiger partial charge in [-0.05, 0) is 56.6 Å². The van der Waals surface area contributed by atoms with Crippen LogP contribution in [0.25, 0.3) is 0 Å². The second kappa shape index (κ2) is 9.01. The molecule has 0 saturated carbocycles. The number of nitrogens with zero attached hydrogens (tertiary/aromatic N) is 3. The van der Waals surface area contributed by atoms with Crippen LogP contribution < -0.4 is 20.7 Å². The maximum atomic E-state index is 13.4. The third-order valence-electron chi connectivity index (χ3n) is 3.58. The minimum absolute atomic E-state index is 0.0804.